The zero-order valence-electron chi connectivity index (χ0n) is 9.87. The van der Waals surface area contributed by atoms with E-state index in [1.165, 1.54) is 6.07 Å². The van der Waals surface area contributed by atoms with Crippen molar-refractivity contribution in [2.45, 2.75) is 26.3 Å². The molecule has 16 heavy (non-hydrogen) atoms. The summed E-state index contributed by atoms with van der Waals surface area (Å²) < 4.78 is 0. The Hall–Kier alpha value is -1.55. The number of amides is 1. The Kier molecular flexibility index (Phi) is 3.55. The highest BCUT2D eigenvalue weighted by molar-refractivity contribution is 5.96. The normalized spacial score (nSPS) is 11.2. The number of rotatable bonds is 3. The monoisotopic (exact) mass is 222 g/mol. The fraction of sp³-hybridized carbons (Fsp3) is 0.417. The summed E-state index contributed by atoms with van der Waals surface area (Å²) in [6.07, 6.45) is 0. The SMILES string of the molecule is Cc1cc(O)ccc1C(=O)NC(C)(C)CN. The molecule has 0 spiro atoms. The van der Waals surface area contributed by atoms with E-state index in [1.54, 1.807) is 19.1 Å². The summed E-state index contributed by atoms with van der Waals surface area (Å²) in [6, 6.07) is 4.66. The van der Waals surface area contributed by atoms with Gasteiger partial charge in [-0.3, -0.25) is 4.79 Å². The third-order valence-electron chi connectivity index (χ3n) is 2.42. The number of aryl methyl sites for hydroxylation is 1. The predicted octanol–water partition coefficient (Wildman–Crippen LogP) is 1.17. The summed E-state index contributed by atoms with van der Waals surface area (Å²) in [5, 5.41) is 12.1. The van der Waals surface area contributed by atoms with Crippen molar-refractivity contribution < 1.29 is 9.90 Å². The van der Waals surface area contributed by atoms with E-state index in [-0.39, 0.29) is 11.7 Å². The maximum absolute atomic E-state index is 11.9. The third kappa shape index (κ3) is 2.97. The third-order valence-corrected chi connectivity index (χ3v) is 2.42. The molecule has 0 saturated heterocycles. The fourth-order valence-corrected chi connectivity index (χ4v) is 1.33. The van der Waals surface area contributed by atoms with E-state index in [0.29, 0.717) is 12.1 Å². The number of carbonyl (C=O) groups excluding carboxylic acids is 1. The molecule has 1 aromatic carbocycles. The summed E-state index contributed by atoms with van der Waals surface area (Å²) in [5.74, 6) is -0.0138. The van der Waals surface area contributed by atoms with E-state index < -0.39 is 5.54 Å². The van der Waals surface area contributed by atoms with Crippen LogP contribution in [0.15, 0.2) is 18.2 Å². The molecule has 0 bridgehead atoms. The Morgan fingerprint density at radius 2 is 2.12 bits per heavy atom. The van der Waals surface area contributed by atoms with Crippen molar-refractivity contribution in [3.8, 4) is 5.75 Å². The van der Waals surface area contributed by atoms with Crippen LogP contribution in [0.1, 0.15) is 29.8 Å². The molecule has 4 nitrogen and oxygen atoms in total. The Labute approximate surface area is 95.5 Å². The van der Waals surface area contributed by atoms with Crippen molar-refractivity contribution in [2.75, 3.05) is 6.54 Å². The van der Waals surface area contributed by atoms with Gasteiger partial charge in [-0.05, 0) is 44.5 Å². The van der Waals surface area contributed by atoms with Gasteiger partial charge in [-0.15, -0.1) is 0 Å². The molecular weight excluding hydrogens is 204 g/mol. The van der Waals surface area contributed by atoms with Crippen LogP contribution < -0.4 is 11.1 Å². The summed E-state index contributed by atoms with van der Waals surface area (Å²) >= 11 is 0. The first-order valence-electron chi connectivity index (χ1n) is 5.18. The number of nitrogens with two attached hydrogens (primary N) is 1. The molecule has 1 amide bonds. The van der Waals surface area contributed by atoms with Gasteiger partial charge in [-0.1, -0.05) is 0 Å². The lowest BCUT2D eigenvalue weighted by Crippen LogP contribution is -2.48. The van der Waals surface area contributed by atoms with Gasteiger partial charge in [-0.2, -0.15) is 0 Å². The largest absolute Gasteiger partial charge is 0.508 e. The number of hydrogen-bond acceptors (Lipinski definition) is 3. The van der Waals surface area contributed by atoms with Gasteiger partial charge in [0.25, 0.3) is 5.91 Å². The quantitative estimate of drug-likeness (QED) is 0.718. The number of aromatic hydroxyl groups is 1. The molecule has 0 aliphatic carbocycles. The highest BCUT2D eigenvalue weighted by atomic mass is 16.3. The molecule has 0 fully saturated rings. The molecule has 0 atom stereocenters. The lowest BCUT2D eigenvalue weighted by Gasteiger charge is -2.24. The van der Waals surface area contributed by atoms with Gasteiger partial charge in [0.05, 0.1) is 0 Å². The van der Waals surface area contributed by atoms with Crippen LogP contribution in [-0.4, -0.2) is 23.1 Å². The summed E-state index contributed by atoms with van der Waals surface area (Å²) in [4.78, 5) is 11.9. The molecule has 1 rings (SSSR count). The highest BCUT2D eigenvalue weighted by Crippen LogP contribution is 2.16. The van der Waals surface area contributed by atoms with Crippen molar-refractivity contribution in [3.05, 3.63) is 29.3 Å². The van der Waals surface area contributed by atoms with Crippen molar-refractivity contribution in [3.63, 3.8) is 0 Å². The Bertz CT molecular complexity index is 400. The summed E-state index contributed by atoms with van der Waals surface area (Å²) in [5.41, 5.74) is 6.41. The van der Waals surface area contributed by atoms with Crippen LogP contribution in [0.25, 0.3) is 0 Å². The molecule has 0 unspecified atom stereocenters. The minimum absolute atomic E-state index is 0.159. The van der Waals surface area contributed by atoms with Crippen LogP contribution in [-0.2, 0) is 0 Å². The van der Waals surface area contributed by atoms with E-state index in [4.69, 9.17) is 5.73 Å². The predicted molar refractivity (Wildman–Crippen MR) is 63.4 cm³/mol. The van der Waals surface area contributed by atoms with E-state index in [2.05, 4.69) is 5.32 Å². The zero-order valence-corrected chi connectivity index (χ0v) is 9.87. The number of benzene rings is 1. The first-order valence-corrected chi connectivity index (χ1v) is 5.18. The van der Waals surface area contributed by atoms with Crippen molar-refractivity contribution in [2.24, 2.45) is 5.73 Å². The second kappa shape index (κ2) is 4.53. The second-order valence-electron chi connectivity index (χ2n) is 4.54. The van der Waals surface area contributed by atoms with Crippen LogP contribution in [0.3, 0.4) is 0 Å². The molecular formula is C12H18N2O2. The molecule has 0 aliphatic rings. The first-order chi connectivity index (χ1) is 7.35. The Morgan fingerprint density at radius 3 is 2.62 bits per heavy atom. The molecule has 4 heteroatoms. The number of phenolic OH excluding ortho intramolecular Hbond substituents is 1. The van der Waals surface area contributed by atoms with Gasteiger partial charge in [-0.25, -0.2) is 0 Å². The first kappa shape index (κ1) is 12.5. The molecule has 0 radical (unpaired) electrons. The van der Waals surface area contributed by atoms with E-state index in [0.717, 1.165) is 5.56 Å². The maximum Gasteiger partial charge on any atom is 0.252 e. The van der Waals surface area contributed by atoms with Crippen molar-refractivity contribution >= 4 is 5.91 Å². The average Bonchev–Trinajstić information content (AvgIpc) is 2.16. The highest BCUT2D eigenvalue weighted by Gasteiger charge is 2.20. The summed E-state index contributed by atoms with van der Waals surface area (Å²) in [7, 11) is 0. The molecule has 0 saturated carbocycles. The van der Waals surface area contributed by atoms with E-state index in [1.807, 2.05) is 13.8 Å². The van der Waals surface area contributed by atoms with Crippen LogP contribution >= 0.6 is 0 Å². The van der Waals surface area contributed by atoms with Crippen LogP contribution in [0.5, 0.6) is 5.75 Å². The zero-order chi connectivity index (χ0) is 12.3. The fourth-order valence-electron chi connectivity index (χ4n) is 1.33. The second-order valence-corrected chi connectivity index (χ2v) is 4.54. The van der Waals surface area contributed by atoms with Gasteiger partial charge in [0.15, 0.2) is 0 Å². The number of hydrogen-bond donors (Lipinski definition) is 3. The number of nitrogens with one attached hydrogen (secondary N) is 1. The Balaban J connectivity index is 2.89. The van der Waals surface area contributed by atoms with Gasteiger partial charge in [0, 0.05) is 17.6 Å². The lowest BCUT2D eigenvalue weighted by molar-refractivity contribution is 0.0915. The topological polar surface area (TPSA) is 75.3 Å². The molecule has 1 aromatic rings. The Morgan fingerprint density at radius 1 is 1.50 bits per heavy atom. The maximum atomic E-state index is 11.9. The average molecular weight is 222 g/mol. The summed E-state index contributed by atoms with van der Waals surface area (Å²) in [6.45, 7) is 5.88. The number of carbonyl (C=O) groups is 1. The molecule has 0 heterocycles. The van der Waals surface area contributed by atoms with Crippen LogP contribution in [0.2, 0.25) is 0 Å². The minimum atomic E-state index is -0.429. The standard InChI is InChI=1S/C12H18N2O2/c1-8-6-9(15)4-5-10(8)11(16)14-12(2,3)7-13/h4-6,15H,7,13H2,1-3H3,(H,14,16). The van der Waals surface area contributed by atoms with Gasteiger partial charge >= 0.3 is 0 Å². The lowest BCUT2D eigenvalue weighted by atomic mass is 10.0. The van der Waals surface area contributed by atoms with E-state index >= 15 is 0 Å². The van der Waals surface area contributed by atoms with Crippen LogP contribution in [0, 0.1) is 6.92 Å². The molecule has 0 aliphatic heterocycles. The van der Waals surface area contributed by atoms with Crippen LogP contribution in [0.4, 0.5) is 0 Å². The number of phenols is 1. The minimum Gasteiger partial charge on any atom is -0.508 e. The van der Waals surface area contributed by atoms with Gasteiger partial charge in [0.2, 0.25) is 0 Å². The smallest absolute Gasteiger partial charge is 0.252 e. The van der Waals surface area contributed by atoms with Gasteiger partial charge in [0.1, 0.15) is 5.75 Å². The van der Waals surface area contributed by atoms with E-state index in [9.17, 15) is 9.90 Å². The molecule has 4 N–H and O–H groups in total. The van der Waals surface area contributed by atoms with Crippen molar-refractivity contribution in [1.82, 2.24) is 5.32 Å². The van der Waals surface area contributed by atoms with Crippen molar-refractivity contribution in [1.29, 1.82) is 0 Å². The molecule has 88 valence electrons. The van der Waals surface area contributed by atoms with Gasteiger partial charge < -0.3 is 16.2 Å². The molecule has 0 aromatic heterocycles.